The molecule has 0 aliphatic heterocycles. The Kier molecular flexibility index (Phi) is 3.91. The molecule has 1 aromatic carbocycles. The van der Waals surface area contributed by atoms with Crippen molar-refractivity contribution >= 4 is 15.8 Å². The summed E-state index contributed by atoms with van der Waals surface area (Å²) < 4.78 is 53.0. The van der Waals surface area contributed by atoms with Crippen molar-refractivity contribution in [3.05, 3.63) is 47.7 Å². The van der Waals surface area contributed by atoms with Crippen LogP contribution in [0.3, 0.4) is 0 Å². The predicted molar refractivity (Wildman–Crippen MR) is 67.1 cm³/mol. The SMILES string of the molecule is NCc1cc(F)c(F)c(S(=O)(=O)Nc2cccnn2)c1. The molecular formula is C11H10F2N4O2S. The second-order valence-electron chi connectivity index (χ2n) is 3.81. The Morgan fingerprint density at radius 3 is 2.65 bits per heavy atom. The fourth-order valence-corrected chi connectivity index (χ4v) is 2.61. The third-order valence-electron chi connectivity index (χ3n) is 2.39. The van der Waals surface area contributed by atoms with Gasteiger partial charge in [0.15, 0.2) is 17.5 Å². The second-order valence-corrected chi connectivity index (χ2v) is 5.46. The lowest BCUT2D eigenvalue weighted by atomic mass is 10.2. The highest BCUT2D eigenvalue weighted by Crippen LogP contribution is 2.21. The van der Waals surface area contributed by atoms with Gasteiger partial charge in [-0.3, -0.25) is 4.72 Å². The number of anilines is 1. The fraction of sp³-hybridized carbons (Fsp3) is 0.0909. The van der Waals surface area contributed by atoms with Gasteiger partial charge in [0.25, 0.3) is 10.0 Å². The van der Waals surface area contributed by atoms with E-state index in [1.165, 1.54) is 18.3 Å². The van der Waals surface area contributed by atoms with Crippen molar-refractivity contribution in [2.45, 2.75) is 11.4 Å². The summed E-state index contributed by atoms with van der Waals surface area (Å²) in [6, 6.07) is 4.58. The zero-order valence-electron chi connectivity index (χ0n) is 10.0. The molecule has 0 spiro atoms. The molecule has 0 unspecified atom stereocenters. The maximum absolute atomic E-state index is 13.6. The Morgan fingerprint density at radius 2 is 2.05 bits per heavy atom. The van der Waals surface area contributed by atoms with E-state index >= 15 is 0 Å². The molecule has 0 radical (unpaired) electrons. The van der Waals surface area contributed by atoms with Crippen LogP contribution in [0, 0.1) is 11.6 Å². The quantitative estimate of drug-likeness (QED) is 0.878. The van der Waals surface area contributed by atoms with Crippen LogP contribution in [0.25, 0.3) is 0 Å². The lowest BCUT2D eigenvalue weighted by Crippen LogP contribution is -2.17. The monoisotopic (exact) mass is 300 g/mol. The van der Waals surface area contributed by atoms with E-state index in [1.54, 1.807) is 0 Å². The Hall–Kier alpha value is -2.13. The van der Waals surface area contributed by atoms with Gasteiger partial charge in [-0.15, -0.1) is 5.10 Å². The molecular weight excluding hydrogens is 290 g/mol. The first kappa shape index (κ1) is 14.3. The minimum Gasteiger partial charge on any atom is -0.326 e. The van der Waals surface area contributed by atoms with Crippen LogP contribution in [0.5, 0.6) is 0 Å². The molecule has 1 heterocycles. The summed E-state index contributed by atoms with van der Waals surface area (Å²) in [4.78, 5) is -0.830. The third kappa shape index (κ3) is 2.89. The highest BCUT2D eigenvalue weighted by molar-refractivity contribution is 7.92. The van der Waals surface area contributed by atoms with E-state index in [0.717, 1.165) is 12.1 Å². The Labute approximate surface area is 113 Å². The molecule has 0 saturated heterocycles. The minimum absolute atomic E-state index is 0.106. The van der Waals surface area contributed by atoms with E-state index in [4.69, 9.17) is 5.73 Å². The number of hydrogen-bond acceptors (Lipinski definition) is 5. The molecule has 0 bridgehead atoms. The van der Waals surface area contributed by atoms with Gasteiger partial charge in [0, 0.05) is 12.7 Å². The average molecular weight is 300 g/mol. The van der Waals surface area contributed by atoms with E-state index in [2.05, 4.69) is 10.2 Å². The van der Waals surface area contributed by atoms with Crippen LogP contribution < -0.4 is 10.5 Å². The molecule has 0 amide bonds. The Bertz CT molecular complexity index is 723. The molecule has 3 N–H and O–H groups in total. The summed E-state index contributed by atoms with van der Waals surface area (Å²) in [5, 5.41) is 6.97. The molecule has 0 saturated carbocycles. The van der Waals surface area contributed by atoms with E-state index in [-0.39, 0.29) is 17.9 Å². The van der Waals surface area contributed by atoms with Crippen LogP contribution in [0.4, 0.5) is 14.6 Å². The molecule has 0 aliphatic carbocycles. The van der Waals surface area contributed by atoms with Gasteiger partial charge in [0.05, 0.1) is 0 Å². The van der Waals surface area contributed by atoms with Gasteiger partial charge < -0.3 is 5.73 Å². The van der Waals surface area contributed by atoms with Crippen molar-refractivity contribution in [2.75, 3.05) is 4.72 Å². The van der Waals surface area contributed by atoms with Crippen molar-refractivity contribution < 1.29 is 17.2 Å². The first-order valence-electron chi connectivity index (χ1n) is 5.42. The van der Waals surface area contributed by atoms with Crippen LogP contribution in [0.1, 0.15) is 5.56 Å². The fourth-order valence-electron chi connectivity index (χ4n) is 1.48. The molecule has 2 aromatic rings. The van der Waals surface area contributed by atoms with Crippen LogP contribution in [0.2, 0.25) is 0 Å². The van der Waals surface area contributed by atoms with Crippen molar-refractivity contribution in [1.82, 2.24) is 10.2 Å². The lowest BCUT2D eigenvalue weighted by Gasteiger charge is -2.09. The number of sulfonamides is 1. The summed E-state index contributed by atoms with van der Waals surface area (Å²) in [5.74, 6) is -2.86. The van der Waals surface area contributed by atoms with Crippen LogP contribution in [-0.2, 0) is 16.6 Å². The highest BCUT2D eigenvalue weighted by atomic mass is 32.2. The van der Waals surface area contributed by atoms with Gasteiger partial charge in [-0.1, -0.05) is 0 Å². The maximum atomic E-state index is 13.6. The number of benzene rings is 1. The minimum atomic E-state index is -4.32. The lowest BCUT2D eigenvalue weighted by molar-refractivity contribution is 0.483. The van der Waals surface area contributed by atoms with Gasteiger partial charge in [0.1, 0.15) is 4.90 Å². The molecule has 106 valence electrons. The molecule has 9 heteroatoms. The first-order chi connectivity index (χ1) is 9.44. The molecule has 0 aliphatic rings. The van der Waals surface area contributed by atoms with Crippen LogP contribution in [0.15, 0.2) is 35.4 Å². The summed E-state index contributed by atoms with van der Waals surface area (Å²) in [7, 11) is -4.32. The third-order valence-corrected chi connectivity index (χ3v) is 3.75. The molecule has 1 aromatic heterocycles. The number of hydrogen-bond donors (Lipinski definition) is 2. The summed E-state index contributed by atoms with van der Waals surface area (Å²) in [6.45, 7) is -0.120. The van der Waals surface area contributed by atoms with E-state index in [9.17, 15) is 17.2 Å². The van der Waals surface area contributed by atoms with Gasteiger partial charge in [0.2, 0.25) is 0 Å². The molecule has 0 atom stereocenters. The van der Waals surface area contributed by atoms with Crippen molar-refractivity contribution in [3.63, 3.8) is 0 Å². The second kappa shape index (κ2) is 5.47. The van der Waals surface area contributed by atoms with Gasteiger partial charge >= 0.3 is 0 Å². The largest absolute Gasteiger partial charge is 0.326 e. The van der Waals surface area contributed by atoms with Gasteiger partial charge in [-0.2, -0.15) is 5.10 Å². The summed E-state index contributed by atoms with van der Waals surface area (Å²) in [5.41, 5.74) is 5.46. The number of halogens is 2. The van der Waals surface area contributed by atoms with Crippen molar-refractivity contribution in [1.29, 1.82) is 0 Å². The smallest absolute Gasteiger partial charge is 0.266 e. The zero-order chi connectivity index (χ0) is 14.8. The standard InChI is InChI=1S/C11H10F2N4O2S/c12-8-4-7(6-14)5-9(11(8)13)20(18,19)17-10-2-1-3-15-16-10/h1-5H,6,14H2,(H,16,17). The predicted octanol–water partition coefficient (Wildman–Crippen LogP) is 1.01. The summed E-state index contributed by atoms with van der Waals surface area (Å²) in [6.07, 6.45) is 1.34. The topological polar surface area (TPSA) is 98.0 Å². The van der Waals surface area contributed by atoms with Crippen LogP contribution >= 0.6 is 0 Å². The summed E-state index contributed by atoms with van der Waals surface area (Å²) >= 11 is 0. The maximum Gasteiger partial charge on any atom is 0.266 e. The first-order valence-corrected chi connectivity index (χ1v) is 6.91. The number of nitrogens with two attached hydrogens (primary N) is 1. The Balaban J connectivity index is 2.47. The van der Waals surface area contributed by atoms with E-state index in [0.29, 0.717) is 0 Å². The molecule has 20 heavy (non-hydrogen) atoms. The molecule has 6 nitrogen and oxygen atoms in total. The van der Waals surface area contributed by atoms with E-state index < -0.39 is 26.6 Å². The van der Waals surface area contributed by atoms with Crippen molar-refractivity contribution in [2.24, 2.45) is 5.73 Å². The normalized spacial score (nSPS) is 11.3. The highest BCUT2D eigenvalue weighted by Gasteiger charge is 2.23. The number of rotatable bonds is 4. The number of nitrogens with one attached hydrogen (secondary N) is 1. The van der Waals surface area contributed by atoms with Gasteiger partial charge in [-0.05, 0) is 29.8 Å². The Morgan fingerprint density at radius 1 is 1.30 bits per heavy atom. The van der Waals surface area contributed by atoms with Crippen molar-refractivity contribution in [3.8, 4) is 0 Å². The number of aromatic nitrogens is 2. The average Bonchev–Trinajstić information content (AvgIpc) is 2.42. The molecule has 2 rings (SSSR count). The number of nitrogens with zero attached hydrogens (tertiary/aromatic N) is 2. The van der Waals surface area contributed by atoms with Gasteiger partial charge in [-0.25, -0.2) is 17.2 Å². The van der Waals surface area contributed by atoms with E-state index in [1.807, 2.05) is 4.72 Å². The zero-order valence-corrected chi connectivity index (χ0v) is 10.9. The van der Waals surface area contributed by atoms with Crippen LogP contribution in [-0.4, -0.2) is 18.6 Å². The molecule has 0 fully saturated rings.